The Kier molecular flexibility index (Phi) is 5.41. The van der Waals surface area contributed by atoms with Crippen LogP contribution in [-0.2, 0) is 4.79 Å². The van der Waals surface area contributed by atoms with Gasteiger partial charge in [-0.15, -0.1) is 0 Å². The van der Waals surface area contributed by atoms with Gasteiger partial charge < -0.3 is 20.9 Å². The van der Waals surface area contributed by atoms with Gasteiger partial charge in [0.15, 0.2) is 0 Å². The molecule has 0 spiro atoms. The summed E-state index contributed by atoms with van der Waals surface area (Å²) in [6, 6.07) is 6.18. The molecule has 1 aromatic rings. The molecule has 1 unspecified atom stereocenters. The number of likely N-dealkylation sites (N-methyl/N-ethyl adjacent to an activating group) is 1. The Morgan fingerprint density at radius 1 is 1.43 bits per heavy atom. The molecule has 1 aliphatic heterocycles. The Morgan fingerprint density at radius 3 is 2.90 bits per heavy atom. The van der Waals surface area contributed by atoms with Crippen molar-refractivity contribution in [3.8, 4) is 0 Å². The maximum atomic E-state index is 12.4. The number of piperazine rings is 1. The van der Waals surface area contributed by atoms with Gasteiger partial charge in [-0.05, 0) is 19.1 Å². The molecule has 21 heavy (non-hydrogen) atoms. The Labute approximate surface area is 128 Å². The fraction of sp³-hybridized carbons (Fsp3) is 0.429. The number of benzene rings is 1. The number of nitrogens with zero attached hydrogens (tertiary/aromatic N) is 1. The number of carbonyl (C=O) groups excluding carboxylic acids is 2. The third-order valence-corrected chi connectivity index (χ3v) is 3.60. The lowest BCUT2D eigenvalue weighted by atomic mass is 10.2. The summed E-state index contributed by atoms with van der Waals surface area (Å²) in [5.74, 6) is -0.154. The highest BCUT2D eigenvalue weighted by Crippen LogP contribution is 2.21. The first-order valence-corrected chi connectivity index (χ1v) is 7.32. The van der Waals surface area contributed by atoms with Crippen LogP contribution >= 0.6 is 11.6 Å². The van der Waals surface area contributed by atoms with E-state index < -0.39 is 6.04 Å². The minimum absolute atomic E-state index is 0.154. The largest absolute Gasteiger partial charge is 0.355 e. The van der Waals surface area contributed by atoms with Crippen molar-refractivity contribution < 1.29 is 9.59 Å². The first-order valence-electron chi connectivity index (χ1n) is 6.94. The van der Waals surface area contributed by atoms with Gasteiger partial charge in [0.1, 0.15) is 6.04 Å². The average molecular weight is 311 g/mol. The average Bonchev–Trinajstić information content (AvgIpc) is 2.50. The van der Waals surface area contributed by atoms with Crippen LogP contribution in [0.25, 0.3) is 0 Å². The van der Waals surface area contributed by atoms with Crippen LogP contribution < -0.4 is 16.0 Å². The molecule has 1 aliphatic rings. The van der Waals surface area contributed by atoms with Gasteiger partial charge in [0, 0.05) is 26.2 Å². The van der Waals surface area contributed by atoms with E-state index >= 15 is 0 Å². The van der Waals surface area contributed by atoms with Crippen LogP contribution in [0.3, 0.4) is 0 Å². The van der Waals surface area contributed by atoms with Crippen molar-refractivity contribution in [3.63, 3.8) is 0 Å². The predicted molar refractivity (Wildman–Crippen MR) is 82.5 cm³/mol. The maximum Gasteiger partial charge on any atom is 0.322 e. The van der Waals surface area contributed by atoms with E-state index in [9.17, 15) is 9.59 Å². The quantitative estimate of drug-likeness (QED) is 0.787. The molecule has 0 bridgehead atoms. The second kappa shape index (κ2) is 7.28. The van der Waals surface area contributed by atoms with E-state index in [1.807, 2.05) is 6.92 Å². The zero-order chi connectivity index (χ0) is 15.2. The van der Waals surface area contributed by atoms with E-state index in [4.69, 9.17) is 11.6 Å². The topological polar surface area (TPSA) is 73.5 Å². The lowest BCUT2D eigenvalue weighted by Crippen LogP contribution is -2.60. The van der Waals surface area contributed by atoms with E-state index in [-0.39, 0.29) is 11.9 Å². The van der Waals surface area contributed by atoms with Crippen LogP contribution in [0.5, 0.6) is 0 Å². The zero-order valence-electron chi connectivity index (χ0n) is 11.9. The van der Waals surface area contributed by atoms with E-state index in [1.165, 1.54) is 4.90 Å². The van der Waals surface area contributed by atoms with Gasteiger partial charge in [-0.1, -0.05) is 23.7 Å². The molecule has 1 aromatic carbocycles. The first-order chi connectivity index (χ1) is 10.1. The fourth-order valence-corrected chi connectivity index (χ4v) is 2.41. The van der Waals surface area contributed by atoms with Gasteiger partial charge in [-0.2, -0.15) is 0 Å². The third-order valence-electron chi connectivity index (χ3n) is 3.27. The van der Waals surface area contributed by atoms with E-state index in [0.29, 0.717) is 36.9 Å². The molecule has 0 radical (unpaired) electrons. The van der Waals surface area contributed by atoms with Crippen molar-refractivity contribution in [1.29, 1.82) is 0 Å². The van der Waals surface area contributed by atoms with Crippen LogP contribution in [-0.4, -0.2) is 49.1 Å². The minimum atomic E-state index is -0.513. The summed E-state index contributed by atoms with van der Waals surface area (Å²) in [6.07, 6.45) is 0. The number of hydrogen-bond acceptors (Lipinski definition) is 3. The Morgan fingerprint density at radius 2 is 2.19 bits per heavy atom. The van der Waals surface area contributed by atoms with Gasteiger partial charge in [0.05, 0.1) is 10.7 Å². The van der Waals surface area contributed by atoms with Crippen molar-refractivity contribution in [2.75, 3.05) is 31.5 Å². The van der Waals surface area contributed by atoms with Crippen molar-refractivity contribution in [2.45, 2.75) is 13.0 Å². The number of hydrogen-bond donors (Lipinski definition) is 3. The Bertz CT molecular complexity index is 523. The molecule has 1 atom stereocenters. The van der Waals surface area contributed by atoms with Crippen LogP contribution in [0.15, 0.2) is 24.3 Å². The molecule has 0 aliphatic carbocycles. The number of para-hydroxylation sites is 1. The van der Waals surface area contributed by atoms with E-state index in [2.05, 4.69) is 16.0 Å². The van der Waals surface area contributed by atoms with E-state index in [1.54, 1.807) is 24.3 Å². The number of rotatable bonds is 3. The lowest BCUT2D eigenvalue weighted by Gasteiger charge is -2.35. The molecule has 1 fully saturated rings. The third kappa shape index (κ3) is 3.86. The van der Waals surface area contributed by atoms with E-state index in [0.717, 1.165) is 0 Å². The molecule has 0 aromatic heterocycles. The highest BCUT2D eigenvalue weighted by Gasteiger charge is 2.31. The molecule has 1 saturated heterocycles. The molecule has 3 amide bonds. The number of carbonyl (C=O) groups is 2. The summed E-state index contributed by atoms with van der Waals surface area (Å²) in [4.78, 5) is 26.0. The van der Waals surface area contributed by atoms with Gasteiger partial charge >= 0.3 is 6.03 Å². The summed E-state index contributed by atoms with van der Waals surface area (Å²) >= 11 is 6.03. The van der Waals surface area contributed by atoms with Crippen molar-refractivity contribution in [1.82, 2.24) is 15.5 Å². The van der Waals surface area contributed by atoms with Crippen molar-refractivity contribution in [3.05, 3.63) is 29.3 Å². The molecule has 0 saturated carbocycles. The smallest absolute Gasteiger partial charge is 0.322 e. The predicted octanol–water partition coefficient (Wildman–Crippen LogP) is 1.28. The zero-order valence-corrected chi connectivity index (χ0v) is 12.6. The summed E-state index contributed by atoms with van der Waals surface area (Å²) in [7, 11) is 0. The molecule has 2 rings (SSSR count). The number of halogens is 1. The lowest BCUT2D eigenvalue weighted by molar-refractivity contribution is -0.125. The maximum absolute atomic E-state index is 12.4. The van der Waals surface area contributed by atoms with Crippen LogP contribution in [0.1, 0.15) is 6.92 Å². The second-order valence-electron chi connectivity index (χ2n) is 4.72. The fourth-order valence-electron chi connectivity index (χ4n) is 2.22. The number of anilines is 1. The number of urea groups is 1. The Balaban J connectivity index is 2.08. The van der Waals surface area contributed by atoms with Gasteiger partial charge in [0.2, 0.25) is 5.91 Å². The highest BCUT2D eigenvalue weighted by atomic mass is 35.5. The minimum Gasteiger partial charge on any atom is -0.355 e. The molecular formula is C14H19ClN4O2. The van der Waals surface area contributed by atoms with Crippen LogP contribution in [0, 0.1) is 0 Å². The number of nitrogens with one attached hydrogen (secondary N) is 3. The standard InChI is InChI=1S/C14H19ClN4O2/c1-2-17-13(20)12-9-16-7-8-19(12)14(21)18-11-6-4-3-5-10(11)15/h3-6,12,16H,2,7-9H2,1H3,(H,17,20)(H,18,21). The summed E-state index contributed by atoms with van der Waals surface area (Å²) in [5, 5.41) is 9.10. The summed E-state index contributed by atoms with van der Waals surface area (Å²) in [5.41, 5.74) is 0.539. The Hall–Kier alpha value is -1.79. The van der Waals surface area contributed by atoms with Gasteiger partial charge in [-0.25, -0.2) is 4.79 Å². The monoisotopic (exact) mass is 310 g/mol. The van der Waals surface area contributed by atoms with Gasteiger partial charge in [-0.3, -0.25) is 4.79 Å². The first kappa shape index (κ1) is 15.6. The molecule has 3 N–H and O–H groups in total. The highest BCUT2D eigenvalue weighted by molar-refractivity contribution is 6.33. The SMILES string of the molecule is CCNC(=O)C1CNCCN1C(=O)Nc1ccccc1Cl. The normalized spacial score (nSPS) is 18.2. The molecular weight excluding hydrogens is 292 g/mol. The van der Waals surface area contributed by atoms with Crippen molar-refractivity contribution >= 4 is 29.2 Å². The summed E-state index contributed by atoms with van der Waals surface area (Å²) < 4.78 is 0. The summed E-state index contributed by atoms with van der Waals surface area (Å²) in [6.45, 7) is 3.96. The van der Waals surface area contributed by atoms with Crippen LogP contribution in [0.2, 0.25) is 5.02 Å². The van der Waals surface area contributed by atoms with Crippen molar-refractivity contribution in [2.24, 2.45) is 0 Å². The molecule has 7 heteroatoms. The van der Waals surface area contributed by atoms with Crippen LogP contribution in [0.4, 0.5) is 10.5 Å². The molecule has 6 nitrogen and oxygen atoms in total. The number of amides is 3. The second-order valence-corrected chi connectivity index (χ2v) is 5.13. The molecule has 1 heterocycles. The van der Waals surface area contributed by atoms with Gasteiger partial charge in [0.25, 0.3) is 0 Å². The molecule has 114 valence electrons.